The Balaban J connectivity index is 2.13. The number of aliphatic hydroxyl groups excluding tert-OH is 1. The Hall–Kier alpha value is -3.12. The van der Waals surface area contributed by atoms with Gasteiger partial charge in [-0.2, -0.15) is 0 Å². The molecule has 2 aromatic rings. The highest BCUT2D eigenvalue weighted by Crippen LogP contribution is 2.39. The Labute approximate surface area is 171 Å². The van der Waals surface area contributed by atoms with Crippen molar-refractivity contribution >= 4 is 17.4 Å². The molecule has 152 valence electrons. The molecule has 0 aromatic heterocycles. The largest absolute Gasteiger partial charge is 0.507 e. The van der Waals surface area contributed by atoms with Crippen molar-refractivity contribution in [3.8, 4) is 5.75 Å². The van der Waals surface area contributed by atoms with Gasteiger partial charge in [0.25, 0.3) is 11.7 Å². The third kappa shape index (κ3) is 4.03. The topological polar surface area (TPSA) is 70.1 Å². The first-order valence-corrected chi connectivity index (χ1v) is 9.48. The molecular weight excluding hydrogens is 368 g/mol. The van der Waals surface area contributed by atoms with E-state index >= 15 is 0 Å². The summed E-state index contributed by atoms with van der Waals surface area (Å²) in [6.07, 6.45) is 0. The number of methoxy groups -OCH3 is 1. The van der Waals surface area contributed by atoms with Crippen molar-refractivity contribution in [2.24, 2.45) is 0 Å². The molecule has 0 unspecified atom stereocenters. The minimum Gasteiger partial charge on any atom is -0.507 e. The molecule has 0 spiro atoms. The fraction of sp³-hybridized carbons (Fsp3) is 0.304. The summed E-state index contributed by atoms with van der Waals surface area (Å²) in [4.78, 5) is 29.2. The minimum absolute atomic E-state index is 0.115. The van der Waals surface area contributed by atoms with E-state index in [-0.39, 0.29) is 11.3 Å². The van der Waals surface area contributed by atoms with Gasteiger partial charge in [-0.15, -0.1) is 0 Å². The number of benzene rings is 2. The molecule has 0 bridgehead atoms. The lowest BCUT2D eigenvalue weighted by Gasteiger charge is -2.26. The van der Waals surface area contributed by atoms with Crippen molar-refractivity contribution in [1.29, 1.82) is 0 Å². The fourth-order valence-corrected chi connectivity index (χ4v) is 3.58. The van der Waals surface area contributed by atoms with Gasteiger partial charge in [0.15, 0.2) is 0 Å². The first kappa shape index (κ1) is 20.6. The third-order valence-corrected chi connectivity index (χ3v) is 5.11. The molecule has 2 aromatic carbocycles. The number of carbonyl (C=O) groups excluding carboxylic acids is 2. The summed E-state index contributed by atoms with van der Waals surface area (Å²) in [7, 11) is 5.40. The average molecular weight is 394 g/mol. The second kappa shape index (κ2) is 8.49. The minimum atomic E-state index is -0.663. The number of ketones is 1. The lowest BCUT2D eigenvalue weighted by Crippen LogP contribution is -2.35. The first-order chi connectivity index (χ1) is 13.8. The number of hydrogen-bond donors (Lipinski definition) is 1. The quantitative estimate of drug-likeness (QED) is 0.463. The van der Waals surface area contributed by atoms with Gasteiger partial charge in [0.2, 0.25) is 0 Å². The van der Waals surface area contributed by atoms with Gasteiger partial charge in [-0.25, -0.2) is 0 Å². The Morgan fingerprint density at radius 2 is 1.83 bits per heavy atom. The van der Waals surface area contributed by atoms with Crippen molar-refractivity contribution in [2.75, 3.05) is 34.3 Å². The second-order valence-electron chi connectivity index (χ2n) is 7.39. The molecule has 6 nitrogen and oxygen atoms in total. The molecule has 1 saturated heterocycles. The monoisotopic (exact) mass is 394 g/mol. The number of Topliss-reactive ketones (excluding diaryl/α,β-unsaturated/α-hetero) is 1. The molecule has 1 heterocycles. The van der Waals surface area contributed by atoms with Crippen LogP contribution in [0.3, 0.4) is 0 Å². The van der Waals surface area contributed by atoms with E-state index in [4.69, 9.17) is 4.74 Å². The standard InChI is InChI=1S/C23H26N2O4/c1-15-14-17(10-11-18(15)29-4)21(26)19-20(16-8-6-5-7-9-16)25(13-12-24(2)3)23(28)22(19)27/h5-11,14,20,26H,12-13H2,1-4H3/b21-19+/t20-/m0/s1. The maximum Gasteiger partial charge on any atom is 0.295 e. The zero-order valence-corrected chi connectivity index (χ0v) is 17.2. The summed E-state index contributed by atoms with van der Waals surface area (Å²) in [6.45, 7) is 2.85. The van der Waals surface area contributed by atoms with Crippen LogP contribution in [0.15, 0.2) is 54.1 Å². The van der Waals surface area contributed by atoms with E-state index in [0.717, 1.165) is 11.1 Å². The fourth-order valence-electron chi connectivity index (χ4n) is 3.58. The SMILES string of the molecule is COc1ccc(/C(O)=C2\C(=O)C(=O)N(CCN(C)C)[C@H]2c2ccccc2)cc1C. The van der Waals surface area contributed by atoms with Gasteiger partial charge in [0.1, 0.15) is 11.5 Å². The molecule has 0 aliphatic carbocycles. The number of likely N-dealkylation sites (N-methyl/N-ethyl adjacent to an activating group) is 1. The van der Waals surface area contributed by atoms with Crippen molar-refractivity contribution in [1.82, 2.24) is 9.80 Å². The summed E-state index contributed by atoms with van der Waals surface area (Å²) in [6, 6.07) is 13.9. The number of hydrogen-bond acceptors (Lipinski definition) is 5. The molecule has 1 amide bonds. The van der Waals surface area contributed by atoms with Crippen LogP contribution in [0, 0.1) is 6.92 Å². The number of nitrogens with zero attached hydrogens (tertiary/aromatic N) is 2. The molecule has 1 atom stereocenters. The second-order valence-corrected chi connectivity index (χ2v) is 7.39. The zero-order valence-electron chi connectivity index (χ0n) is 17.2. The van der Waals surface area contributed by atoms with Gasteiger partial charge in [-0.05, 0) is 50.3 Å². The lowest BCUT2D eigenvalue weighted by atomic mass is 9.95. The van der Waals surface area contributed by atoms with Gasteiger partial charge < -0.3 is 19.6 Å². The molecule has 29 heavy (non-hydrogen) atoms. The smallest absolute Gasteiger partial charge is 0.295 e. The van der Waals surface area contributed by atoms with Gasteiger partial charge in [0, 0.05) is 18.7 Å². The van der Waals surface area contributed by atoms with Crippen LogP contribution in [0.25, 0.3) is 5.76 Å². The number of amides is 1. The lowest BCUT2D eigenvalue weighted by molar-refractivity contribution is -0.140. The molecule has 6 heteroatoms. The number of aliphatic hydroxyl groups is 1. The molecule has 1 N–H and O–H groups in total. The summed E-state index contributed by atoms with van der Waals surface area (Å²) in [5, 5.41) is 11.1. The van der Waals surface area contributed by atoms with Crippen molar-refractivity contribution < 1.29 is 19.4 Å². The Kier molecular flexibility index (Phi) is 6.03. The third-order valence-electron chi connectivity index (χ3n) is 5.11. The maximum absolute atomic E-state index is 12.9. The number of likely N-dealkylation sites (tertiary alicyclic amines) is 1. The number of aryl methyl sites for hydroxylation is 1. The van der Waals surface area contributed by atoms with Gasteiger partial charge in [0.05, 0.1) is 18.7 Å². The molecule has 0 radical (unpaired) electrons. The Morgan fingerprint density at radius 1 is 1.14 bits per heavy atom. The summed E-state index contributed by atoms with van der Waals surface area (Å²) in [5.74, 6) is -0.737. The number of rotatable bonds is 6. The molecule has 3 rings (SSSR count). The highest BCUT2D eigenvalue weighted by atomic mass is 16.5. The molecule has 1 aliphatic rings. The van der Waals surface area contributed by atoms with Gasteiger partial charge >= 0.3 is 0 Å². The molecule has 1 aliphatic heterocycles. The normalized spacial score (nSPS) is 18.5. The zero-order chi connectivity index (χ0) is 21.1. The van der Waals surface area contributed by atoms with Crippen LogP contribution in [-0.4, -0.2) is 60.9 Å². The predicted molar refractivity (Wildman–Crippen MR) is 112 cm³/mol. The van der Waals surface area contributed by atoms with E-state index in [1.165, 1.54) is 0 Å². The van der Waals surface area contributed by atoms with Crippen molar-refractivity contribution in [2.45, 2.75) is 13.0 Å². The number of ether oxygens (including phenoxy) is 1. The number of carbonyl (C=O) groups is 2. The summed E-state index contributed by atoms with van der Waals surface area (Å²) >= 11 is 0. The summed E-state index contributed by atoms with van der Waals surface area (Å²) in [5.41, 5.74) is 2.21. The van der Waals surface area contributed by atoms with Crippen molar-refractivity contribution in [3.63, 3.8) is 0 Å². The van der Waals surface area contributed by atoms with Gasteiger partial charge in [-0.3, -0.25) is 9.59 Å². The van der Waals surface area contributed by atoms with E-state index in [1.807, 2.05) is 56.3 Å². The van der Waals surface area contributed by atoms with E-state index in [1.54, 1.807) is 30.2 Å². The van der Waals surface area contributed by atoms with Crippen LogP contribution in [-0.2, 0) is 9.59 Å². The van der Waals surface area contributed by atoms with E-state index in [2.05, 4.69) is 0 Å². The van der Waals surface area contributed by atoms with E-state index < -0.39 is 17.7 Å². The van der Waals surface area contributed by atoms with Crippen LogP contribution < -0.4 is 4.74 Å². The van der Waals surface area contributed by atoms with Crippen LogP contribution in [0.4, 0.5) is 0 Å². The van der Waals surface area contributed by atoms with E-state index in [9.17, 15) is 14.7 Å². The van der Waals surface area contributed by atoms with Gasteiger partial charge in [-0.1, -0.05) is 30.3 Å². The van der Waals surface area contributed by atoms with Crippen LogP contribution in [0.1, 0.15) is 22.7 Å². The predicted octanol–water partition coefficient (Wildman–Crippen LogP) is 2.99. The van der Waals surface area contributed by atoms with Crippen LogP contribution in [0.5, 0.6) is 5.75 Å². The van der Waals surface area contributed by atoms with Crippen molar-refractivity contribution in [3.05, 3.63) is 70.8 Å². The first-order valence-electron chi connectivity index (χ1n) is 9.48. The molecule has 0 saturated carbocycles. The Bertz CT molecular complexity index is 951. The van der Waals surface area contributed by atoms with Crippen LogP contribution in [0.2, 0.25) is 0 Å². The van der Waals surface area contributed by atoms with Crippen LogP contribution >= 0.6 is 0 Å². The average Bonchev–Trinajstić information content (AvgIpc) is 2.97. The highest BCUT2D eigenvalue weighted by Gasteiger charge is 2.45. The highest BCUT2D eigenvalue weighted by molar-refractivity contribution is 6.46. The maximum atomic E-state index is 12.9. The molecular formula is C23H26N2O4. The Morgan fingerprint density at radius 3 is 2.41 bits per heavy atom. The van der Waals surface area contributed by atoms with E-state index in [0.29, 0.717) is 24.4 Å². The summed E-state index contributed by atoms with van der Waals surface area (Å²) < 4.78 is 5.27. The molecule has 1 fully saturated rings.